The molecule has 8 nitrogen and oxygen atoms in total. The van der Waals surface area contributed by atoms with E-state index in [9.17, 15) is 19.6 Å². The van der Waals surface area contributed by atoms with Gasteiger partial charge in [0.15, 0.2) is 11.5 Å². The van der Waals surface area contributed by atoms with E-state index < -0.39 is 17.8 Å². The summed E-state index contributed by atoms with van der Waals surface area (Å²) in [6, 6.07) is 18.2. The van der Waals surface area contributed by atoms with E-state index in [-0.39, 0.29) is 12.2 Å². The number of hydrogen-bond donors (Lipinski definition) is 1. The van der Waals surface area contributed by atoms with Crippen molar-refractivity contribution in [2.75, 3.05) is 12.0 Å². The molecule has 0 radical (unpaired) electrons. The van der Waals surface area contributed by atoms with Gasteiger partial charge in [-0.15, -0.1) is 0 Å². The maximum Gasteiger partial charge on any atom is 0.335 e. The molecule has 3 aromatic rings. The molecule has 3 aromatic carbocycles. The maximum absolute atomic E-state index is 13.1. The van der Waals surface area contributed by atoms with Gasteiger partial charge in [0.25, 0.3) is 11.8 Å². The van der Waals surface area contributed by atoms with Crippen LogP contribution in [0.4, 0.5) is 10.5 Å². The van der Waals surface area contributed by atoms with Gasteiger partial charge in [0.1, 0.15) is 12.2 Å². The average Bonchev–Trinajstić information content (AvgIpc) is 2.86. The Morgan fingerprint density at radius 1 is 1.06 bits per heavy atom. The van der Waals surface area contributed by atoms with E-state index in [2.05, 4.69) is 43.2 Å². The highest BCUT2D eigenvalue weighted by atomic mass is 79.9. The zero-order valence-corrected chi connectivity index (χ0v) is 21.9. The van der Waals surface area contributed by atoms with Crippen LogP contribution in [0.15, 0.2) is 75.2 Å². The number of hydrogen-bond acceptors (Lipinski definition) is 6. The van der Waals surface area contributed by atoms with Crippen LogP contribution in [0.3, 0.4) is 0 Å². The highest BCUT2D eigenvalue weighted by molar-refractivity contribution is 9.10. The Hall–Kier alpha value is -3.94. The molecule has 1 aliphatic rings. The van der Waals surface area contributed by atoms with Crippen LogP contribution in [0.2, 0.25) is 0 Å². The first kappa shape index (κ1) is 25.2. The lowest BCUT2D eigenvalue weighted by Crippen LogP contribution is -2.54. The number of nitriles is 1. The van der Waals surface area contributed by atoms with Crippen molar-refractivity contribution in [1.82, 2.24) is 5.32 Å². The first-order valence-electron chi connectivity index (χ1n) is 10.5. The quantitative estimate of drug-likeness (QED) is 0.298. The summed E-state index contributed by atoms with van der Waals surface area (Å²) in [6.07, 6.45) is 1.37. The number of nitrogens with one attached hydrogen (secondary N) is 1. The van der Waals surface area contributed by atoms with Crippen LogP contribution in [-0.4, -0.2) is 25.0 Å². The Morgan fingerprint density at radius 3 is 2.47 bits per heavy atom. The SMILES string of the molecule is COc1cc(/C=C2\C(=O)NC(=O)N(c3ccc(Br)cc3)C2=O)cc(Br)c1OCc1ccccc1C#N. The van der Waals surface area contributed by atoms with Crippen LogP contribution in [0, 0.1) is 11.3 Å². The monoisotopic (exact) mass is 609 g/mol. The number of amides is 4. The van der Waals surface area contributed by atoms with E-state index in [0.717, 1.165) is 9.37 Å². The number of benzene rings is 3. The van der Waals surface area contributed by atoms with Gasteiger partial charge in [0, 0.05) is 10.0 Å². The van der Waals surface area contributed by atoms with E-state index >= 15 is 0 Å². The molecule has 0 atom stereocenters. The van der Waals surface area contributed by atoms with Gasteiger partial charge in [-0.05, 0) is 70.0 Å². The summed E-state index contributed by atoms with van der Waals surface area (Å²) in [6.45, 7) is 0.129. The first-order chi connectivity index (χ1) is 17.3. The Labute approximate surface area is 223 Å². The molecule has 10 heteroatoms. The van der Waals surface area contributed by atoms with Crippen molar-refractivity contribution in [3.05, 3.63) is 91.9 Å². The second-order valence-electron chi connectivity index (χ2n) is 7.53. The minimum absolute atomic E-state index is 0.129. The molecule has 1 aliphatic heterocycles. The molecule has 36 heavy (non-hydrogen) atoms. The lowest BCUT2D eigenvalue weighted by molar-refractivity contribution is -0.122. The fourth-order valence-electron chi connectivity index (χ4n) is 3.52. The van der Waals surface area contributed by atoms with Crippen molar-refractivity contribution in [2.24, 2.45) is 0 Å². The summed E-state index contributed by atoms with van der Waals surface area (Å²) >= 11 is 6.77. The lowest BCUT2D eigenvalue weighted by atomic mass is 10.1. The summed E-state index contributed by atoms with van der Waals surface area (Å²) in [4.78, 5) is 39.0. The van der Waals surface area contributed by atoms with Crippen molar-refractivity contribution < 1.29 is 23.9 Å². The van der Waals surface area contributed by atoms with Gasteiger partial charge in [-0.1, -0.05) is 34.1 Å². The number of imide groups is 2. The van der Waals surface area contributed by atoms with Crippen LogP contribution < -0.4 is 19.7 Å². The number of urea groups is 1. The van der Waals surface area contributed by atoms with Crippen molar-refractivity contribution in [1.29, 1.82) is 5.26 Å². The largest absolute Gasteiger partial charge is 0.493 e. The Balaban J connectivity index is 1.65. The third-order valence-corrected chi connectivity index (χ3v) is 6.38. The minimum Gasteiger partial charge on any atom is -0.493 e. The molecule has 1 fully saturated rings. The normalized spacial score (nSPS) is 14.4. The fourth-order valence-corrected chi connectivity index (χ4v) is 4.36. The smallest absolute Gasteiger partial charge is 0.335 e. The molecule has 1 saturated heterocycles. The third kappa shape index (κ3) is 5.17. The molecule has 1 heterocycles. The summed E-state index contributed by atoms with van der Waals surface area (Å²) in [5, 5.41) is 11.5. The topological polar surface area (TPSA) is 109 Å². The van der Waals surface area contributed by atoms with Gasteiger partial charge in [0.05, 0.1) is 28.9 Å². The number of nitrogens with zero attached hydrogens (tertiary/aromatic N) is 2. The molecule has 1 N–H and O–H groups in total. The Bertz CT molecular complexity index is 1440. The highest BCUT2D eigenvalue weighted by Crippen LogP contribution is 2.38. The van der Waals surface area contributed by atoms with Crippen LogP contribution in [-0.2, 0) is 16.2 Å². The second kappa shape index (κ2) is 10.8. The number of methoxy groups -OCH3 is 1. The van der Waals surface area contributed by atoms with Crippen LogP contribution in [0.1, 0.15) is 16.7 Å². The van der Waals surface area contributed by atoms with E-state index in [0.29, 0.717) is 38.3 Å². The average molecular weight is 611 g/mol. The van der Waals surface area contributed by atoms with Gasteiger partial charge >= 0.3 is 6.03 Å². The van der Waals surface area contributed by atoms with Crippen molar-refractivity contribution in [2.45, 2.75) is 6.61 Å². The second-order valence-corrected chi connectivity index (χ2v) is 9.30. The van der Waals surface area contributed by atoms with Crippen LogP contribution in [0.25, 0.3) is 6.08 Å². The maximum atomic E-state index is 13.1. The third-order valence-electron chi connectivity index (χ3n) is 5.26. The molecule has 0 aromatic heterocycles. The number of barbiturate groups is 1. The summed E-state index contributed by atoms with van der Waals surface area (Å²) in [5.41, 5.74) is 1.78. The number of anilines is 1. The molecular formula is C26H17Br2N3O5. The number of carbonyl (C=O) groups is 3. The van der Waals surface area contributed by atoms with E-state index in [1.165, 1.54) is 13.2 Å². The van der Waals surface area contributed by atoms with Gasteiger partial charge in [-0.2, -0.15) is 5.26 Å². The zero-order chi connectivity index (χ0) is 25.8. The van der Waals surface area contributed by atoms with Gasteiger partial charge < -0.3 is 9.47 Å². The molecule has 0 bridgehead atoms. The van der Waals surface area contributed by atoms with Crippen molar-refractivity contribution in [3.63, 3.8) is 0 Å². The first-order valence-corrected chi connectivity index (χ1v) is 12.1. The zero-order valence-electron chi connectivity index (χ0n) is 18.7. The van der Waals surface area contributed by atoms with Gasteiger partial charge in [0.2, 0.25) is 0 Å². The van der Waals surface area contributed by atoms with E-state index in [1.54, 1.807) is 54.6 Å². The molecule has 4 amide bonds. The summed E-state index contributed by atoms with van der Waals surface area (Å²) in [7, 11) is 1.46. The number of ether oxygens (including phenoxy) is 2. The molecule has 0 spiro atoms. The Kier molecular flexibility index (Phi) is 7.52. The molecule has 0 saturated carbocycles. The van der Waals surface area contributed by atoms with Gasteiger partial charge in [-0.25, -0.2) is 9.69 Å². The molecule has 0 unspecified atom stereocenters. The van der Waals surface area contributed by atoms with E-state index in [1.807, 2.05) is 6.07 Å². The molecule has 180 valence electrons. The minimum atomic E-state index is -0.829. The number of rotatable bonds is 6. The van der Waals surface area contributed by atoms with E-state index in [4.69, 9.17) is 9.47 Å². The van der Waals surface area contributed by atoms with Crippen LogP contribution in [0.5, 0.6) is 11.5 Å². The summed E-state index contributed by atoms with van der Waals surface area (Å²) in [5.74, 6) is -0.829. The molecular weight excluding hydrogens is 594 g/mol. The fraction of sp³-hybridized carbons (Fsp3) is 0.0769. The molecule has 0 aliphatic carbocycles. The predicted octanol–water partition coefficient (Wildman–Crippen LogP) is 5.34. The van der Waals surface area contributed by atoms with Crippen molar-refractivity contribution in [3.8, 4) is 17.6 Å². The molecule has 4 rings (SSSR count). The number of carbonyl (C=O) groups excluding carboxylic acids is 3. The predicted molar refractivity (Wildman–Crippen MR) is 139 cm³/mol. The summed E-state index contributed by atoms with van der Waals surface area (Å²) < 4.78 is 12.7. The standard InChI is InChI=1S/C26H17Br2N3O5/c1-35-22-12-15(11-21(28)23(22)36-14-17-5-3-2-4-16(17)13-29)10-20-24(32)30-26(34)31(25(20)33)19-8-6-18(27)7-9-19/h2-12H,14H2,1H3,(H,30,32,34)/b20-10+. The van der Waals surface area contributed by atoms with Crippen LogP contribution >= 0.6 is 31.9 Å². The highest BCUT2D eigenvalue weighted by Gasteiger charge is 2.36. The Morgan fingerprint density at radius 2 is 1.78 bits per heavy atom. The number of halogens is 2. The lowest BCUT2D eigenvalue weighted by Gasteiger charge is -2.26. The van der Waals surface area contributed by atoms with Crippen molar-refractivity contribution >= 4 is 61.5 Å². The van der Waals surface area contributed by atoms with Gasteiger partial charge in [-0.3, -0.25) is 14.9 Å².